The van der Waals surface area contributed by atoms with Crippen LogP contribution in [0.2, 0.25) is 0 Å². The number of rotatable bonds is 1. The Balaban J connectivity index is 2.33. The van der Waals surface area contributed by atoms with E-state index < -0.39 is 6.23 Å². The van der Waals surface area contributed by atoms with Gasteiger partial charge in [0, 0.05) is 17.6 Å². The van der Waals surface area contributed by atoms with Crippen LogP contribution < -0.4 is 4.90 Å². The fourth-order valence-corrected chi connectivity index (χ4v) is 1.95. The molecular weight excluding hydrogens is 202 g/mol. The number of nitrogens with zero attached hydrogens (tertiary/aromatic N) is 3. The maximum atomic E-state index is 11.4. The Labute approximate surface area is 84.9 Å². The van der Waals surface area contributed by atoms with Crippen molar-refractivity contribution < 1.29 is 9.90 Å². The first-order valence-electron chi connectivity index (χ1n) is 4.09. The summed E-state index contributed by atoms with van der Waals surface area (Å²) in [6.45, 7) is 3.45. The Kier molecular flexibility index (Phi) is 2.09. The second kappa shape index (κ2) is 3.14. The highest BCUT2D eigenvalue weighted by molar-refractivity contribution is 7.10. The third-order valence-corrected chi connectivity index (χ3v) is 2.77. The van der Waals surface area contributed by atoms with Crippen LogP contribution in [0.5, 0.6) is 0 Å². The highest BCUT2D eigenvalue weighted by Crippen LogP contribution is 2.26. The van der Waals surface area contributed by atoms with Crippen molar-refractivity contribution >= 4 is 22.6 Å². The normalized spacial score (nSPS) is 21.6. The molecule has 6 heteroatoms. The number of amides is 1. The van der Waals surface area contributed by atoms with Crippen LogP contribution in [0.1, 0.15) is 12.7 Å². The van der Waals surface area contributed by atoms with Gasteiger partial charge in [0.2, 0.25) is 5.13 Å². The monoisotopic (exact) mass is 211 g/mol. The van der Waals surface area contributed by atoms with E-state index in [2.05, 4.69) is 9.36 Å². The van der Waals surface area contributed by atoms with E-state index >= 15 is 0 Å². The Morgan fingerprint density at radius 2 is 2.29 bits per heavy atom. The number of aliphatic hydroxyl groups is 1. The molecule has 1 aliphatic rings. The predicted octanol–water partition coefficient (Wildman–Crippen LogP) is 0.458. The molecule has 0 saturated carbocycles. The van der Waals surface area contributed by atoms with Crippen molar-refractivity contribution in [2.45, 2.75) is 20.1 Å². The molecule has 1 unspecified atom stereocenters. The van der Waals surface area contributed by atoms with Crippen LogP contribution in [0.3, 0.4) is 0 Å². The van der Waals surface area contributed by atoms with Crippen molar-refractivity contribution in [1.29, 1.82) is 0 Å². The summed E-state index contributed by atoms with van der Waals surface area (Å²) in [7, 11) is 0. The van der Waals surface area contributed by atoms with Crippen LogP contribution in [0, 0.1) is 6.92 Å². The van der Waals surface area contributed by atoms with Crippen LogP contribution in [0.4, 0.5) is 5.13 Å². The van der Waals surface area contributed by atoms with Crippen LogP contribution in [-0.4, -0.2) is 26.6 Å². The fraction of sp³-hybridized carbons (Fsp3) is 0.375. The highest BCUT2D eigenvalue weighted by Gasteiger charge is 2.32. The Bertz CT molecular complexity index is 412. The van der Waals surface area contributed by atoms with E-state index in [1.54, 1.807) is 13.8 Å². The first-order chi connectivity index (χ1) is 6.59. The average molecular weight is 211 g/mol. The van der Waals surface area contributed by atoms with Gasteiger partial charge in [-0.1, -0.05) is 0 Å². The second-order valence-electron chi connectivity index (χ2n) is 3.09. The first kappa shape index (κ1) is 9.29. The number of aliphatic hydroxyl groups excluding tert-OH is 1. The minimum atomic E-state index is -0.894. The van der Waals surface area contributed by atoms with Gasteiger partial charge in [-0.05, 0) is 19.4 Å². The van der Waals surface area contributed by atoms with Gasteiger partial charge in [0.05, 0.1) is 0 Å². The molecule has 0 fully saturated rings. The standard InChI is InChI=1S/C8H9N3O2S/c1-4-3-6(12)11(7(4)13)8-9-5(2)10-14-8/h3,7,13H,1-2H3. The maximum Gasteiger partial charge on any atom is 0.255 e. The third kappa shape index (κ3) is 1.32. The van der Waals surface area contributed by atoms with Crippen LogP contribution in [-0.2, 0) is 4.79 Å². The zero-order chi connectivity index (χ0) is 10.3. The van der Waals surface area contributed by atoms with Gasteiger partial charge in [0.15, 0.2) is 6.23 Å². The number of carbonyl (C=O) groups is 1. The molecule has 14 heavy (non-hydrogen) atoms. The van der Waals surface area contributed by atoms with Gasteiger partial charge >= 0.3 is 0 Å². The Morgan fingerprint density at radius 1 is 1.57 bits per heavy atom. The molecule has 2 heterocycles. The van der Waals surface area contributed by atoms with Gasteiger partial charge in [-0.25, -0.2) is 4.98 Å². The van der Waals surface area contributed by atoms with Gasteiger partial charge in [-0.15, -0.1) is 0 Å². The summed E-state index contributed by atoms with van der Waals surface area (Å²) in [5, 5.41) is 10.1. The molecule has 5 nitrogen and oxygen atoms in total. The van der Waals surface area contributed by atoms with E-state index in [1.165, 1.54) is 11.0 Å². The molecular formula is C8H9N3O2S. The molecule has 1 aromatic rings. The van der Waals surface area contributed by atoms with E-state index in [-0.39, 0.29) is 5.91 Å². The zero-order valence-electron chi connectivity index (χ0n) is 7.76. The van der Waals surface area contributed by atoms with E-state index in [0.29, 0.717) is 16.5 Å². The molecule has 1 atom stereocenters. The SMILES string of the molecule is CC1=CC(=O)N(c2nc(C)ns2)C1O. The molecule has 0 aromatic carbocycles. The van der Waals surface area contributed by atoms with Crippen molar-refractivity contribution in [3.05, 3.63) is 17.5 Å². The lowest BCUT2D eigenvalue weighted by Crippen LogP contribution is -2.34. The van der Waals surface area contributed by atoms with Gasteiger partial charge in [0.25, 0.3) is 5.91 Å². The largest absolute Gasteiger partial charge is 0.369 e. The van der Waals surface area contributed by atoms with Gasteiger partial charge in [-0.3, -0.25) is 9.69 Å². The molecule has 0 saturated heterocycles. The summed E-state index contributed by atoms with van der Waals surface area (Å²) >= 11 is 1.11. The quantitative estimate of drug-likeness (QED) is 0.732. The Hall–Kier alpha value is -1.27. The number of carbonyl (C=O) groups excluding carboxylic acids is 1. The average Bonchev–Trinajstić information content (AvgIpc) is 2.60. The van der Waals surface area contributed by atoms with Crippen molar-refractivity contribution in [1.82, 2.24) is 9.36 Å². The number of aryl methyl sites for hydroxylation is 1. The number of hydrogen-bond acceptors (Lipinski definition) is 5. The maximum absolute atomic E-state index is 11.4. The summed E-state index contributed by atoms with van der Waals surface area (Å²) in [6.07, 6.45) is 0.511. The first-order valence-corrected chi connectivity index (χ1v) is 4.86. The molecule has 0 bridgehead atoms. The molecule has 1 aromatic heterocycles. The summed E-state index contributed by atoms with van der Waals surface area (Å²) in [4.78, 5) is 16.7. The van der Waals surface area contributed by atoms with Gasteiger partial charge < -0.3 is 5.11 Å². The summed E-state index contributed by atoms with van der Waals surface area (Å²) < 4.78 is 3.96. The number of aromatic nitrogens is 2. The topological polar surface area (TPSA) is 66.3 Å². The zero-order valence-corrected chi connectivity index (χ0v) is 8.58. The van der Waals surface area contributed by atoms with Crippen molar-refractivity contribution in [3.8, 4) is 0 Å². The van der Waals surface area contributed by atoms with Crippen LogP contribution in [0.25, 0.3) is 0 Å². The molecule has 1 aliphatic heterocycles. The van der Waals surface area contributed by atoms with E-state index in [0.717, 1.165) is 11.5 Å². The number of anilines is 1. The summed E-state index contributed by atoms with van der Waals surface area (Å²) in [5.41, 5.74) is 0.628. The van der Waals surface area contributed by atoms with Crippen molar-refractivity contribution in [2.24, 2.45) is 0 Å². The van der Waals surface area contributed by atoms with Gasteiger partial charge in [-0.2, -0.15) is 4.37 Å². The molecule has 2 rings (SSSR count). The van der Waals surface area contributed by atoms with E-state index in [9.17, 15) is 9.90 Å². The van der Waals surface area contributed by atoms with E-state index in [4.69, 9.17) is 0 Å². The molecule has 1 amide bonds. The predicted molar refractivity (Wildman–Crippen MR) is 51.9 cm³/mol. The second-order valence-corrected chi connectivity index (χ2v) is 3.82. The lowest BCUT2D eigenvalue weighted by molar-refractivity contribution is -0.114. The lowest BCUT2D eigenvalue weighted by Gasteiger charge is -2.17. The summed E-state index contributed by atoms with van der Waals surface area (Å²) in [5.74, 6) is 0.362. The van der Waals surface area contributed by atoms with E-state index in [1.807, 2.05) is 0 Å². The Morgan fingerprint density at radius 3 is 2.71 bits per heavy atom. The van der Waals surface area contributed by atoms with Gasteiger partial charge in [0.1, 0.15) is 5.82 Å². The fourth-order valence-electron chi connectivity index (χ4n) is 1.25. The minimum Gasteiger partial charge on any atom is -0.369 e. The molecule has 0 radical (unpaired) electrons. The minimum absolute atomic E-state index is 0.244. The summed E-state index contributed by atoms with van der Waals surface area (Å²) in [6, 6.07) is 0. The molecule has 1 N–H and O–H groups in total. The molecule has 0 aliphatic carbocycles. The molecule has 74 valence electrons. The third-order valence-electron chi connectivity index (χ3n) is 1.96. The highest BCUT2D eigenvalue weighted by atomic mass is 32.1. The van der Waals surface area contributed by atoms with Crippen LogP contribution >= 0.6 is 11.5 Å². The van der Waals surface area contributed by atoms with Crippen molar-refractivity contribution in [2.75, 3.05) is 4.90 Å². The number of hydrogen-bond donors (Lipinski definition) is 1. The van der Waals surface area contributed by atoms with Crippen molar-refractivity contribution in [3.63, 3.8) is 0 Å². The van der Waals surface area contributed by atoms with Crippen LogP contribution in [0.15, 0.2) is 11.6 Å². The smallest absolute Gasteiger partial charge is 0.255 e. The molecule has 0 spiro atoms. The lowest BCUT2D eigenvalue weighted by atomic mass is 10.3.